The second-order valence-corrected chi connectivity index (χ2v) is 10.4. The average Bonchev–Trinajstić information content (AvgIpc) is 3.19. The summed E-state index contributed by atoms with van der Waals surface area (Å²) in [6.45, 7) is 0.107. The maximum absolute atomic E-state index is 13.6. The lowest BCUT2D eigenvalue weighted by atomic mass is 9.55. The maximum Gasteiger partial charge on any atom is 0.237 e. The van der Waals surface area contributed by atoms with Crippen LogP contribution in [0.5, 0.6) is 0 Å². The van der Waals surface area contributed by atoms with Gasteiger partial charge >= 0.3 is 0 Å². The summed E-state index contributed by atoms with van der Waals surface area (Å²) in [5.74, 6) is 0.0574. The van der Waals surface area contributed by atoms with Gasteiger partial charge in [-0.25, -0.2) is 4.39 Å². The summed E-state index contributed by atoms with van der Waals surface area (Å²) < 4.78 is 13.6. The molecule has 2 bridgehead atoms. The molecule has 4 aliphatic rings. The maximum atomic E-state index is 13.6. The highest BCUT2D eigenvalue weighted by Gasteiger charge is 2.51. The molecular formula is C24H28Cl2FN3O2. The third-order valence-corrected chi connectivity index (χ3v) is 8.54. The lowest BCUT2D eigenvalue weighted by Crippen LogP contribution is -2.58. The number of benzene rings is 1. The number of fused-ring (bicyclic) bond motifs is 3. The van der Waals surface area contributed by atoms with E-state index in [2.05, 4.69) is 5.32 Å². The highest BCUT2D eigenvalue weighted by molar-refractivity contribution is 6.36. The molecule has 32 heavy (non-hydrogen) atoms. The van der Waals surface area contributed by atoms with Crippen molar-refractivity contribution in [2.45, 2.75) is 75.5 Å². The number of hydrogen-bond donors (Lipinski definition) is 1. The molecule has 5 nitrogen and oxygen atoms in total. The second-order valence-electron chi connectivity index (χ2n) is 9.56. The van der Waals surface area contributed by atoms with Gasteiger partial charge in [0.25, 0.3) is 0 Å². The van der Waals surface area contributed by atoms with Gasteiger partial charge in [0.05, 0.1) is 19.2 Å². The van der Waals surface area contributed by atoms with Crippen LogP contribution in [-0.4, -0.2) is 47.4 Å². The Kier molecular flexibility index (Phi) is 6.81. The Hall–Kier alpha value is -1.68. The van der Waals surface area contributed by atoms with Crippen molar-refractivity contribution in [2.24, 2.45) is 5.41 Å². The minimum absolute atomic E-state index is 0.00119. The summed E-state index contributed by atoms with van der Waals surface area (Å²) in [5, 5.41) is 13.8. The van der Waals surface area contributed by atoms with E-state index >= 15 is 0 Å². The molecule has 3 aliphatic carbocycles. The molecule has 1 heterocycles. The van der Waals surface area contributed by atoms with Gasteiger partial charge in [0.15, 0.2) is 0 Å². The first-order valence-electron chi connectivity index (χ1n) is 11.3. The van der Waals surface area contributed by atoms with Crippen molar-refractivity contribution in [3.05, 3.63) is 33.8 Å². The normalized spacial score (nSPS) is 31.5. The number of nitrogens with zero attached hydrogens (tertiary/aromatic N) is 2. The molecule has 1 aromatic rings. The van der Waals surface area contributed by atoms with Gasteiger partial charge in [0, 0.05) is 33.8 Å². The number of carbonyl (C=O) groups excluding carboxylic acids is 2. The highest BCUT2D eigenvalue weighted by atomic mass is 35.5. The van der Waals surface area contributed by atoms with Gasteiger partial charge in [-0.3, -0.25) is 9.59 Å². The predicted molar refractivity (Wildman–Crippen MR) is 121 cm³/mol. The molecule has 3 saturated carbocycles. The lowest BCUT2D eigenvalue weighted by molar-refractivity contribution is -0.137. The van der Waals surface area contributed by atoms with Crippen molar-refractivity contribution < 1.29 is 14.0 Å². The molecular weight excluding hydrogens is 452 g/mol. The van der Waals surface area contributed by atoms with Crippen LogP contribution >= 0.6 is 23.2 Å². The van der Waals surface area contributed by atoms with E-state index in [9.17, 15) is 19.2 Å². The summed E-state index contributed by atoms with van der Waals surface area (Å²) in [6.07, 6.45) is 4.88. The number of hydrogen-bond acceptors (Lipinski definition) is 4. The molecule has 172 valence electrons. The van der Waals surface area contributed by atoms with Crippen molar-refractivity contribution in [1.29, 1.82) is 5.26 Å². The molecule has 0 spiro atoms. The largest absolute Gasteiger partial charge is 0.323 e. The molecule has 1 aromatic carbocycles. The Morgan fingerprint density at radius 1 is 1.16 bits per heavy atom. The lowest BCUT2D eigenvalue weighted by Gasteiger charge is -2.53. The first kappa shape index (κ1) is 23.5. The quantitative estimate of drug-likeness (QED) is 0.617. The van der Waals surface area contributed by atoms with E-state index in [1.165, 1.54) is 4.90 Å². The number of rotatable bonds is 7. The second kappa shape index (κ2) is 9.29. The monoisotopic (exact) mass is 479 g/mol. The molecule has 1 saturated heterocycles. The summed E-state index contributed by atoms with van der Waals surface area (Å²) in [4.78, 5) is 27.1. The van der Waals surface area contributed by atoms with E-state index in [1.807, 2.05) is 6.07 Å². The van der Waals surface area contributed by atoms with Crippen LogP contribution in [-0.2, 0) is 16.0 Å². The Morgan fingerprint density at radius 2 is 1.78 bits per heavy atom. The van der Waals surface area contributed by atoms with Crippen LogP contribution in [0.15, 0.2) is 18.2 Å². The summed E-state index contributed by atoms with van der Waals surface area (Å²) in [6, 6.07) is 6.74. The molecule has 8 heteroatoms. The van der Waals surface area contributed by atoms with E-state index in [0.29, 0.717) is 22.9 Å². The van der Waals surface area contributed by atoms with Gasteiger partial charge < -0.3 is 10.2 Å². The van der Waals surface area contributed by atoms with Gasteiger partial charge in [-0.2, -0.15) is 5.26 Å². The van der Waals surface area contributed by atoms with E-state index in [-0.39, 0.29) is 42.2 Å². The van der Waals surface area contributed by atoms with Crippen LogP contribution in [0.25, 0.3) is 0 Å². The molecule has 0 radical (unpaired) electrons. The van der Waals surface area contributed by atoms with Crippen molar-refractivity contribution >= 4 is 34.9 Å². The minimum atomic E-state index is -1.13. The zero-order chi connectivity index (χ0) is 22.9. The van der Waals surface area contributed by atoms with Gasteiger partial charge in [0.1, 0.15) is 18.0 Å². The fourth-order valence-corrected chi connectivity index (χ4v) is 6.28. The van der Waals surface area contributed by atoms with Gasteiger partial charge in [-0.15, -0.1) is 0 Å². The first-order valence-corrected chi connectivity index (χ1v) is 12.1. The van der Waals surface area contributed by atoms with Crippen molar-refractivity contribution in [3.63, 3.8) is 0 Å². The number of ketones is 1. The Bertz CT molecular complexity index is 903. The smallest absolute Gasteiger partial charge is 0.237 e. The van der Waals surface area contributed by atoms with Crippen LogP contribution < -0.4 is 5.32 Å². The number of Topliss-reactive ketones (excluding diaryl/α,β-unsaturated/α-hetero) is 1. The van der Waals surface area contributed by atoms with Crippen LogP contribution in [0.1, 0.15) is 56.9 Å². The zero-order valence-electron chi connectivity index (χ0n) is 18.0. The molecule has 1 aliphatic heterocycles. The van der Waals surface area contributed by atoms with E-state index in [4.69, 9.17) is 23.2 Å². The van der Waals surface area contributed by atoms with Gasteiger partial charge in [-0.1, -0.05) is 29.3 Å². The Labute approximate surface area is 198 Å². The van der Waals surface area contributed by atoms with Crippen molar-refractivity contribution in [3.8, 4) is 6.07 Å². The molecule has 1 amide bonds. The van der Waals surface area contributed by atoms with Crippen LogP contribution in [0.4, 0.5) is 4.39 Å². The number of amides is 1. The molecule has 4 fully saturated rings. The van der Waals surface area contributed by atoms with Crippen LogP contribution in [0.2, 0.25) is 10.0 Å². The number of carbonyl (C=O) groups is 2. The topological polar surface area (TPSA) is 73.2 Å². The van der Waals surface area contributed by atoms with E-state index in [1.54, 1.807) is 18.2 Å². The van der Waals surface area contributed by atoms with Crippen molar-refractivity contribution in [2.75, 3.05) is 13.1 Å². The SMILES string of the molecule is N#CC1CC(F)CN1C(=O)CNC12CCC(C(=O)CCc3c(Cl)cccc3Cl)(CC1)CC2. The average molecular weight is 480 g/mol. The minimum Gasteiger partial charge on any atom is -0.323 e. The molecule has 2 atom stereocenters. The number of halogens is 3. The summed E-state index contributed by atoms with van der Waals surface area (Å²) in [7, 11) is 0. The van der Waals surface area contributed by atoms with Crippen LogP contribution in [0, 0.1) is 16.7 Å². The van der Waals surface area contributed by atoms with E-state index < -0.39 is 12.2 Å². The molecule has 1 N–H and O–H groups in total. The molecule has 5 rings (SSSR count). The molecule has 0 aromatic heterocycles. The van der Waals surface area contributed by atoms with E-state index in [0.717, 1.165) is 44.1 Å². The fourth-order valence-electron chi connectivity index (χ4n) is 5.69. The number of alkyl halides is 1. The van der Waals surface area contributed by atoms with Gasteiger partial charge in [0.2, 0.25) is 5.91 Å². The van der Waals surface area contributed by atoms with Gasteiger partial charge in [-0.05, 0) is 62.6 Å². The zero-order valence-corrected chi connectivity index (χ0v) is 19.5. The number of nitriles is 1. The summed E-state index contributed by atoms with van der Waals surface area (Å²) >= 11 is 12.5. The highest BCUT2D eigenvalue weighted by Crippen LogP contribution is 2.53. The molecule has 2 unspecified atom stereocenters. The number of likely N-dealkylation sites (tertiary alicyclic amines) is 1. The fraction of sp³-hybridized carbons (Fsp3) is 0.625. The number of nitrogens with one attached hydrogen (secondary N) is 1. The van der Waals surface area contributed by atoms with Crippen LogP contribution in [0.3, 0.4) is 0 Å². The predicted octanol–water partition coefficient (Wildman–Crippen LogP) is 4.64. The third kappa shape index (κ3) is 4.53. The Morgan fingerprint density at radius 3 is 2.38 bits per heavy atom. The summed E-state index contributed by atoms with van der Waals surface area (Å²) in [5.41, 5.74) is 0.388. The first-order chi connectivity index (χ1) is 15.3. The standard InChI is InChI=1S/C24H28Cl2FN3O2/c25-19-2-1-3-20(26)18(19)4-5-21(31)23-6-9-24(10-7-23,11-8-23)29-14-22(32)30-15-16(27)12-17(30)13-28/h1-3,16-17,29H,4-12,14-15H2. The third-order valence-electron chi connectivity index (χ3n) is 7.84. The Balaban J connectivity index is 1.30. The van der Waals surface area contributed by atoms with Crippen molar-refractivity contribution in [1.82, 2.24) is 10.2 Å².